The van der Waals surface area contributed by atoms with Crippen LogP contribution >= 0.6 is 0 Å². The third kappa shape index (κ3) is 21.7. The average molecular weight is 547 g/mol. The Morgan fingerprint density at radius 1 is 0.333 bits per heavy atom. The Balaban J connectivity index is 2.23. The first kappa shape index (κ1) is 36.4. The minimum Gasteiger partial charge on any atom is -0.356 e. The predicted octanol–water partition coefficient (Wildman–Crippen LogP) is 12.8. The van der Waals surface area contributed by atoms with E-state index >= 15 is 0 Å². The first-order chi connectivity index (χ1) is 19.3. The molecule has 0 bridgehead atoms. The maximum atomic E-state index is 2.71. The molecule has 0 aromatic carbocycles. The average Bonchev–Trinajstić information content (AvgIpc) is 3.33. The van der Waals surface area contributed by atoms with Crippen molar-refractivity contribution in [1.82, 2.24) is 9.80 Å². The van der Waals surface area contributed by atoms with E-state index in [0.29, 0.717) is 6.17 Å². The topological polar surface area (TPSA) is 6.48 Å². The van der Waals surface area contributed by atoms with E-state index in [0.717, 1.165) is 0 Å². The summed E-state index contributed by atoms with van der Waals surface area (Å²) >= 11 is 0. The van der Waals surface area contributed by atoms with Gasteiger partial charge in [0.25, 0.3) is 0 Å². The van der Waals surface area contributed by atoms with E-state index < -0.39 is 0 Å². The van der Waals surface area contributed by atoms with Crippen LogP contribution in [0.15, 0.2) is 12.4 Å². The Bertz CT molecular complexity index is 502. The van der Waals surface area contributed by atoms with Crippen molar-refractivity contribution in [2.24, 2.45) is 0 Å². The number of hydrogen-bond donors (Lipinski definition) is 0. The van der Waals surface area contributed by atoms with Crippen LogP contribution in [0.1, 0.15) is 207 Å². The Labute approximate surface area is 248 Å². The molecular weight excluding hydrogens is 472 g/mol. The molecule has 1 aliphatic heterocycles. The molecule has 0 aliphatic carbocycles. The lowest BCUT2D eigenvalue weighted by Gasteiger charge is -2.33. The summed E-state index contributed by atoms with van der Waals surface area (Å²) in [5.41, 5.74) is 0. The van der Waals surface area contributed by atoms with Crippen LogP contribution in [0.5, 0.6) is 0 Å². The van der Waals surface area contributed by atoms with E-state index in [9.17, 15) is 0 Å². The highest BCUT2D eigenvalue weighted by atomic mass is 15.4. The molecule has 1 heterocycles. The van der Waals surface area contributed by atoms with Gasteiger partial charge in [-0.15, -0.1) is 0 Å². The summed E-state index contributed by atoms with van der Waals surface area (Å²) in [6, 6.07) is 0. The van der Waals surface area contributed by atoms with E-state index in [1.54, 1.807) is 0 Å². The van der Waals surface area contributed by atoms with Crippen LogP contribution in [0.3, 0.4) is 0 Å². The summed E-state index contributed by atoms with van der Waals surface area (Å²) in [7, 11) is 0. The van der Waals surface area contributed by atoms with Crippen molar-refractivity contribution in [3.63, 3.8) is 0 Å². The normalized spacial score (nSPS) is 15.2. The van der Waals surface area contributed by atoms with E-state index in [2.05, 4.69) is 43.0 Å². The first-order valence-electron chi connectivity index (χ1n) is 18.5. The minimum atomic E-state index is 0.641. The smallest absolute Gasteiger partial charge is 0.101 e. The predicted molar refractivity (Wildman–Crippen MR) is 177 cm³/mol. The molecule has 2 heteroatoms. The summed E-state index contributed by atoms with van der Waals surface area (Å²) in [5, 5.41) is 0. The lowest BCUT2D eigenvalue weighted by atomic mass is 10.0. The van der Waals surface area contributed by atoms with E-state index in [1.807, 2.05) is 0 Å². The largest absolute Gasteiger partial charge is 0.356 e. The lowest BCUT2D eigenvalue weighted by molar-refractivity contribution is 0.135. The summed E-state index contributed by atoms with van der Waals surface area (Å²) in [6.07, 6.45) is 46.9. The van der Waals surface area contributed by atoms with Crippen molar-refractivity contribution < 1.29 is 0 Å². The van der Waals surface area contributed by atoms with E-state index in [-0.39, 0.29) is 0 Å². The van der Waals surface area contributed by atoms with Crippen LogP contribution in [0, 0.1) is 0 Å². The quantitative estimate of drug-likeness (QED) is 0.0798. The van der Waals surface area contributed by atoms with Crippen LogP contribution < -0.4 is 0 Å². The van der Waals surface area contributed by atoms with Crippen LogP contribution in [0.4, 0.5) is 0 Å². The van der Waals surface area contributed by atoms with Crippen molar-refractivity contribution in [3.8, 4) is 0 Å². The highest BCUT2D eigenvalue weighted by molar-refractivity contribution is 4.97. The van der Waals surface area contributed by atoms with Crippen LogP contribution in [-0.4, -0.2) is 29.1 Å². The van der Waals surface area contributed by atoms with Gasteiger partial charge >= 0.3 is 0 Å². The first-order valence-corrected chi connectivity index (χ1v) is 18.5. The third-order valence-electron chi connectivity index (χ3n) is 9.07. The standard InChI is InChI=1S/C37H74N2/c1-4-7-10-13-16-19-20-22-25-28-31-34-39-36-35-38(33-30-27-24-21-17-14-11-8-5-2)37(39)32-29-26-23-18-15-12-9-6-3/h35-37H,4-34H2,1-3H3. The fraction of sp³-hybridized carbons (Fsp3) is 0.946. The third-order valence-corrected chi connectivity index (χ3v) is 9.07. The van der Waals surface area contributed by atoms with Crippen LogP contribution in [0.2, 0.25) is 0 Å². The molecule has 2 nitrogen and oxygen atoms in total. The van der Waals surface area contributed by atoms with Crippen molar-refractivity contribution in [2.75, 3.05) is 13.1 Å². The molecule has 0 radical (unpaired) electrons. The molecule has 1 aliphatic rings. The molecule has 0 saturated heterocycles. The molecule has 0 fully saturated rings. The number of unbranched alkanes of at least 4 members (excludes halogenated alkanes) is 25. The molecule has 1 rings (SSSR count). The molecule has 0 spiro atoms. The van der Waals surface area contributed by atoms with E-state index in [1.165, 1.54) is 199 Å². The second-order valence-corrected chi connectivity index (χ2v) is 12.9. The SMILES string of the molecule is CCCCCCCCCCCCCN1C=CN(CCCCCCCCCCC)C1CCCCCCCCCC. The maximum Gasteiger partial charge on any atom is 0.101 e. The van der Waals surface area contributed by atoms with Gasteiger partial charge in [-0.2, -0.15) is 0 Å². The Hall–Kier alpha value is -0.660. The fourth-order valence-electron chi connectivity index (χ4n) is 6.36. The monoisotopic (exact) mass is 547 g/mol. The summed E-state index contributed by atoms with van der Waals surface area (Å²) < 4.78 is 0. The maximum absolute atomic E-state index is 2.71. The fourth-order valence-corrected chi connectivity index (χ4v) is 6.36. The van der Waals surface area contributed by atoms with Gasteiger partial charge < -0.3 is 9.80 Å². The molecule has 0 amide bonds. The van der Waals surface area contributed by atoms with Gasteiger partial charge in [0.1, 0.15) is 6.17 Å². The van der Waals surface area contributed by atoms with Crippen LogP contribution in [-0.2, 0) is 0 Å². The van der Waals surface area contributed by atoms with Crippen molar-refractivity contribution in [1.29, 1.82) is 0 Å². The molecule has 1 atom stereocenters. The highest BCUT2D eigenvalue weighted by Gasteiger charge is 2.24. The molecule has 1 unspecified atom stereocenters. The zero-order chi connectivity index (χ0) is 28.1. The van der Waals surface area contributed by atoms with Gasteiger partial charge in [-0.1, -0.05) is 181 Å². The Morgan fingerprint density at radius 3 is 0.897 bits per heavy atom. The van der Waals surface area contributed by atoms with Crippen molar-refractivity contribution in [2.45, 2.75) is 213 Å². The lowest BCUT2D eigenvalue weighted by Crippen LogP contribution is -2.39. The summed E-state index contributed by atoms with van der Waals surface area (Å²) in [5.74, 6) is 0. The number of hydrogen-bond acceptors (Lipinski definition) is 2. The van der Waals surface area contributed by atoms with E-state index in [4.69, 9.17) is 0 Å². The highest BCUT2D eigenvalue weighted by Crippen LogP contribution is 2.24. The second-order valence-electron chi connectivity index (χ2n) is 12.9. The number of rotatable bonds is 31. The van der Waals surface area contributed by atoms with Crippen molar-refractivity contribution in [3.05, 3.63) is 12.4 Å². The van der Waals surface area contributed by atoms with Gasteiger partial charge in [-0.05, 0) is 25.7 Å². The molecule has 0 aromatic rings. The Kier molecular flexibility index (Phi) is 26.9. The molecule has 232 valence electrons. The zero-order valence-corrected chi connectivity index (χ0v) is 27.5. The van der Waals surface area contributed by atoms with Gasteiger partial charge in [0, 0.05) is 25.5 Å². The molecule has 0 aromatic heterocycles. The zero-order valence-electron chi connectivity index (χ0n) is 27.5. The van der Waals surface area contributed by atoms with Crippen LogP contribution in [0.25, 0.3) is 0 Å². The van der Waals surface area contributed by atoms with Gasteiger partial charge in [0.2, 0.25) is 0 Å². The molecule has 0 N–H and O–H groups in total. The molecule has 39 heavy (non-hydrogen) atoms. The minimum absolute atomic E-state index is 0.641. The van der Waals surface area contributed by atoms with Gasteiger partial charge in [-0.3, -0.25) is 0 Å². The summed E-state index contributed by atoms with van der Waals surface area (Å²) in [4.78, 5) is 5.42. The molecule has 0 saturated carbocycles. The second kappa shape index (κ2) is 28.9. The van der Waals surface area contributed by atoms with Crippen molar-refractivity contribution >= 4 is 0 Å². The number of nitrogens with zero attached hydrogens (tertiary/aromatic N) is 2. The Morgan fingerprint density at radius 2 is 0.590 bits per heavy atom. The van der Waals surface area contributed by atoms with Gasteiger partial charge in [0.15, 0.2) is 0 Å². The molecular formula is C37H74N2. The summed E-state index contributed by atoms with van der Waals surface area (Å²) in [6.45, 7) is 9.48. The van der Waals surface area contributed by atoms with Gasteiger partial charge in [-0.25, -0.2) is 0 Å². The van der Waals surface area contributed by atoms with Gasteiger partial charge in [0.05, 0.1) is 0 Å².